The molecule has 0 spiro atoms. The van der Waals surface area contributed by atoms with Gasteiger partial charge in [0.1, 0.15) is 11.9 Å². The van der Waals surface area contributed by atoms with Crippen molar-refractivity contribution < 1.29 is 18.8 Å². The Hall–Kier alpha value is -3.92. The smallest absolute Gasteiger partial charge is 0.323 e. The largest absolute Gasteiger partial charge is 0.351 e. The summed E-state index contributed by atoms with van der Waals surface area (Å²) < 4.78 is 15.1. The lowest BCUT2D eigenvalue weighted by Gasteiger charge is -2.24. The molecule has 0 radical (unpaired) electrons. The van der Waals surface area contributed by atoms with Crippen LogP contribution in [0.15, 0.2) is 54.7 Å². The summed E-state index contributed by atoms with van der Waals surface area (Å²) in [5.41, 5.74) is 12.7. The molecule has 1 fully saturated rings. The van der Waals surface area contributed by atoms with E-state index in [9.17, 15) is 18.8 Å². The molecule has 3 aromatic rings. The zero-order valence-corrected chi connectivity index (χ0v) is 17.1. The molecule has 2 aromatic carbocycles. The molecular weight excluding hydrogens is 415 g/mol. The van der Waals surface area contributed by atoms with Gasteiger partial charge in [0, 0.05) is 36.3 Å². The normalized spacial score (nSPS) is 18.0. The van der Waals surface area contributed by atoms with Gasteiger partial charge in [-0.3, -0.25) is 9.36 Å². The number of benzene rings is 2. The van der Waals surface area contributed by atoms with Crippen molar-refractivity contribution in [3.63, 3.8) is 0 Å². The number of urea groups is 1. The third-order valence-corrected chi connectivity index (χ3v) is 5.50. The molecule has 10 heteroatoms. The van der Waals surface area contributed by atoms with Gasteiger partial charge in [-0.05, 0) is 18.6 Å². The van der Waals surface area contributed by atoms with Crippen LogP contribution in [-0.2, 0) is 11.3 Å². The lowest BCUT2D eigenvalue weighted by Crippen LogP contribution is -2.47. The SMILES string of the molecule is NC(=O)n1cc(NC(=O)N2C[C@@H](N)C[C@H]2C(=O)NCc2ccccc2F)c2ccccc21. The minimum Gasteiger partial charge on any atom is -0.351 e. The van der Waals surface area contributed by atoms with Crippen LogP contribution in [-0.4, -0.2) is 46.1 Å². The van der Waals surface area contributed by atoms with E-state index in [4.69, 9.17) is 11.5 Å². The highest BCUT2D eigenvalue weighted by atomic mass is 19.1. The van der Waals surface area contributed by atoms with Crippen molar-refractivity contribution >= 4 is 34.6 Å². The molecular formula is C22H23FN6O3. The number of carbonyl (C=O) groups is 3. The highest BCUT2D eigenvalue weighted by Gasteiger charge is 2.38. The summed E-state index contributed by atoms with van der Waals surface area (Å²) in [4.78, 5) is 38.9. The van der Waals surface area contributed by atoms with Crippen LogP contribution in [0.4, 0.5) is 19.7 Å². The van der Waals surface area contributed by atoms with Gasteiger partial charge in [-0.1, -0.05) is 36.4 Å². The van der Waals surface area contributed by atoms with Crippen molar-refractivity contribution in [1.29, 1.82) is 0 Å². The van der Waals surface area contributed by atoms with Gasteiger partial charge in [0.15, 0.2) is 0 Å². The second kappa shape index (κ2) is 8.67. The zero-order valence-electron chi connectivity index (χ0n) is 17.1. The molecule has 4 amide bonds. The first-order chi connectivity index (χ1) is 15.3. The van der Waals surface area contributed by atoms with Crippen molar-refractivity contribution in [3.8, 4) is 0 Å². The molecule has 9 nitrogen and oxygen atoms in total. The topological polar surface area (TPSA) is 135 Å². The van der Waals surface area contributed by atoms with Crippen LogP contribution in [0.1, 0.15) is 12.0 Å². The van der Waals surface area contributed by atoms with Crippen LogP contribution in [0.3, 0.4) is 0 Å². The van der Waals surface area contributed by atoms with Gasteiger partial charge in [0.05, 0.1) is 11.2 Å². The molecule has 6 N–H and O–H groups in total. The molecule has 1 saturated heterocycles. The Kier molecular flexibility index (Phi) is 5.78. The molecule has 2 atom stereocenters. The van der Waals surface area contributed by atoms with Crippen molar-refractivity contribution in [2.75, 3.05) is 11.9 Å². The van der Waals surface area contributed by atoms with E-state index in [1.54, 1.807) is 42.5 Å². The fourth-order valence-electron chi connectivity index (χ4n) is 3.93. The third-order valence-electron chi connectivity index (χ3n) is 5.50. The average molecular weight is 438 g/mol. The molecule has 1 aliphatic rings. The van der Waals surface area contributed by atoms with Gasteiger partial charge < -0.3 is 27.0 Å². The summed E-state index contributed by atoms with van der Waals surface area (Å²) in [5, 5.41) is 6.06. The second-order valence-corrected chi connectivity index (χ2v) is 7.67. The number of para-hydroxylation sites is 1. The third kappa shape index (κ3) is 4.12. The van der Waals surface area contributed by atoms with E-state index >= 15 is 0 Å². The molecule has 0 saturated carbocycles. The lowest BCUT2D eigenvalue weighted by atomic mass is 10.1. The van der Waals surface area contributed by atoms with Crippen molar-refractivity contribution in [3.05, 3.63) is 66.1 Å². The predicted octanol–water partition coefficient (Wildman–Crippen LogP) is 1.96. The molecule has 2 heterocycles. The fourth-order valence-corrected chi connectivity index (χ4v) is 3.93. The van der Waals surface area contributed by atoms with Crippen molar-refractivity contribution in [2.45, 2.75) is 25.0 Å². The molecule has 4 rings (SSSR count). The number of carbonyl (C=O) groups excluding carboxylic acids is 3. The summed E-state index contributed by atoms with van der Waals surface area (Å²) in [6, 6.07) is 10.7. The number of amides is 4. The number of anilines is 1. The van der Waals surface area contributed by atoms with E-state index in [0.29, 0.717) is 22.2 Å². The first-order valence-electron chi connectivity index (χ1n) is 10.1. The van der Waals surface area contributed by atoms with Crippen LogP contribution in [0.5, 0.6) is 0 Å². The monoisotopic (exact) mass is 438 g/mol. The Morgan fingerprint density at radius 3 is 2.56 bits per heavy atom. The number of aromatic nitrogens is 1. The van der Waals surface area contributed by atoms with Gasteiger partial charge in [-0.2, -0.15) is 0 Å². The Morgan fingerprint density at radius 2 is 1.81 bits per heavy atom. The van der Waals surface area contributed by atoms with Crippen LogP contribution in [0, 0.1) is 5.82 Å². The van der Waals surface area contributed by atoms with Gasteiger partial charge in [0.2, 0.25) is 5.91 Å². The van der Waals surface area contributed by atoms with Crippen LogP contribution in [0.25, 0.3) is 10.9 Å². The summed E-state index contributed by atoms with van der Waals surface area (Å²) in [6.45, 7) is 0.177. The Balaban J connectivity index is 1.50. The predicted molar refractivity (Wildman–Crippen MR) is 117 cm³/mol. The number of likely N-dealkylation sites (tertiary alicyclic amines) is 1. The van der Waals surface area contributed by atoms with Gasteiger partial charge >= 0.3 is 12.1 Å². The summed E-state index contributed by atoms with van der Waals surface area (Å²) in [6.07, 6.45) is 1.72. The first kappa shape index (κ1) is 21.3. The Labute approximate surface area is 183 Å². The van der Waals surface area contributed by atoms with E-state index in [1.165, 1.54) is 21.7 Å². The highest BCUT2D eigenvalue weighted by molar-refractivity contribution is 6.05. The maximum absolute atomic E-state index is 13.8. The maximum atomic E-state index is 13.8. The van der Waals surface area contributed by atoms with E-state index in [0.717, 1.165) is 0 Å². The Bertz CT molecular complexity index is 1190. The molecule has 0 bridgehead atoms. The zero-order chi connectivity index (χ0) is 22.8. The van der Waals surface area contributed by atoms with Crippen LogP contribution >= 0.6 is 0 Å². The summed E-state index contributed by atoms with van der Waals surface area (Å²) in [7, 11) is 0. The minimum atomic E-state index is -0.804. The molecule has 0 unspecified atom stereocenters. The van der Waals surface area contributed by atoms with Crippen LogP contribution < -0.4 is 22.1 Å². The standard InChI is InChI=1S/C22H23FN6O3/c23-16-7-3-1-5-13(16)10-26-20(30)19-9-14(24)11-29(19)22(32)27-17-12-28(21(25)31)18-8-4-2-6-15(17)18/h1-8,12,14,19H,9-11,24H2,(H2,25,31)(H,26,30)(H,27,32)/t14-,19-/m0/s1. The number of hydrogen-bond acceptors (Lipinski definition) is 4. The number of primary amides is 1. The van der Waals surface area contributed by atoms with Gasteiger partial charge in [-0.25, -0.2) is 14.0 Å². The van der Waals surface area contributed by atoms with E-state index in [2.05, 4.69) is 10.6 Å². The van der Waals surface area contributed by atoms with Gasteiger partial charge in [-0.15, -0.1) is 0 Å². The number of halogens is 1. The quantitative estimate of drug-likeness (QED) is 0.495. The number of fused-ring (bicyclic) bond motifs is 1. The summed E-state index contributed by atoms with van der Waals surface area (Å²) in [5.74, 6) is -0.840. The molecule has 166 valence electrons. The summed E-state index contributed by atoms with van der Waals surface area (Å²) >= 11 is 0. The lowest BCUT2D eigenvalue weighted by molar-refractivity contribution is -0.124. The van der Waals surface area contributed by atoms with Crippen molar-refractivity contribution in [2.24, 2.45) is 11.5 Å². The molecule has 1 aromatic heterocycles. The molecule has 0 aliphatic carbocycles. The number of hydrogen-bond donors (Lipinski definition) is 4. The number of nitrogens with one attached hydrogen (secondary N) is 2. The minimum absolute atomic E-state index is 0.00119. The Morgan fingerprint density at radius 1 is 1.09 bits per heavy atom. The van der Waals surface area contributed by atoms with E-state index in [1.807, 2.05) is 0 Å². The number of nitrogens with two attached hydrogens (primary N) is 2. The van der Waals surface area contributed by atoms with Crippen LogP contribution in [0.2, 0.25) is 0 Å². The number of rotatable bonds is 4. The van der Waals surface area contributed by atoms with Gasteiger partial charge in [0.25, 0.3) is 0 Å². The first-order valence-corrected chi connectivity index (χ1v) is 10.1. The molecule has 32 heavy (non-hydrogen) atoms. The molecule has 1 aliphatic heterocycles. The highest BCUT2D eigenvalue weighted by Crippen LogP contribution is 2.27. The average Bonchev–Trinajstić information content (AvgIpc) is 3.34. The maximum Gasteiger partial charge on any atom is 0.323 e. The fraction of sp³-hybridized carbons (Fsp3) is 0.227. The van der Waals surface area contributed by atoms with E-state index < -0.39 is 29.8 Å². The number of nitrogens with zero attached hydrogens (tertiary/aromatic N) is 2. The van der Waals surface area contributed by atoms with E-state index in [-0.39, 0.29) is 25.6 Å². The second-order valence-electron chi connectivity index (χ2n) is 7.67. The van der Waals surface area contributed by atoms with Crippen molar-refractivity contribution in [1.82, 2.24) is 14.8 Å².